The second-order valence-corrected chi connectivity index (χ2v) is 8.92. The summed E-state index contributed by atoms with van der Waals surface area (Å²) in [5.74, 6) is 1.52. The minimum Gasteiger partial charge on any atom is -0.383 e. The summed E-state index contributed by atoms with van der Waals surface area (Å²) < 4.78 is 1.83. The van der Waals surface area contributed by atoms with Gasteiger partial charge in [0.05, 0.1) is 10.9 Å². The quantitative estimate of drug-likeness (QED) is 0.437. The lowest BCUT2D eigenvalue weighted by atomic mass is 9.96. The van der Waals surface area contributed by atoms with Gasteiger partial charge in [-0.25, -0.2) is 4.98 Å². The first kappa shape index (κ1) is 23.3. The second kappa shape index (κ2) is 9.96. The summed E-state index contributed by atoms with van der Waals surface area (Å²) in [6.45, 7) is 14.3. The van der Waals surface area contributed by atoms with Crippen molar-refractivity contribution in [3.8, 4) is 11.3 Å². The fraction of sp³-hybridized carbons (Fsp3) is 0.241. The third-order valence-corrected chi connectivity index (χ3v) is 6.55. The molecule has 0 saturated heterocycles. The summed E-state index contributed by atoms with van der Waals surface area (Å²) in [7, 11) is 1.91. The van der Waals surface area contributed by atoms with E-state index in [-0.39, 0.29) is 0 Å². The van der Waals surface area contributed by atoms with Crippen molar-refractivity contribution in [1.82, 2.24) is 19.7 Å². The highest BCUT2D eigenvalue weighted by Gasteiger charge is 2.20. The van der Waals surface area contributed by atoms with Crippen LogP contribution in [0.5, 0.6) is 0 Å². The number of rotatable bonds is 4. The van der Waals surface area contributed by atoms with Crippen molar-refractivity contribution >= 4 is 28.5 Å². The number of hydrogen-bond donors (Lipinski definition) is 1. The van der Waals surface area contributed by atoms with E-state index in [0.717, 1.165) is 50.6 Å². The van der Waals surface area contributed by atoms with Crippen LogP contribution in [0.2, 0.25) is 0 Å². The fourth-order valence-corrected chi connectivity index (χ4v) is 4.65. The van der Waals surface area contributed by atoms with E-state index >= 15 is 0 Å². The summed E-state index contributed by atoms with van der Waals surface area (Å²) in [4.78, 5) is 6.23. The Balaban J connectivity index is 0.000000398. The molecule has 174 valence electrons. The number of anilines is 1. The van der Waals surface area contributed by atoms with Gasteiger partial charge in [-0.05, 0) is 41.8 Å². The summed E-state index contributed by atoms with van der Waals surface area (Å²) >= 11 is 0. The van der Waals surface area contributed by atoms with Crippen molar-refractivity contribution in [3.05, 3.63) is 91.5 Å². The number of nitrogens with zero attached hydrogens (tertiary/aromatic N) is 4. The number of hydrogen-bond acceptors (Lipinski definition) is 4. The Labute approximate surface area is 202 Å². The number of aromatic nitrogens is 3. The maximum absolute atomic E-state index is 6.16. The van der Waals surface area contributed by atoms with Gasteiger partial charge in [-0.2, -0.15) is 5.10 Å². The molecular formula is C29H33N5. The van der Waals surface area contributed by atoms with Crippen molar-refractivity contribution in [2.45, 2.75) is 32.6 Å². The Morgan fingerprint density at radius 1 is 1.18 bits per heavy atom. The van der Waals surface area contributed by atoms with Crippen LogP contribution in [-0.2, 0) is 7.05 Å². The van der Waals surface area contributed by atoms with Crippen LogP contribution in [-0.4, -0.2) is 19.7 Å². The molecule has 0 atom stereocenters. The largest absolute Gasteiger partial charge is 0.383 e. The van der Waals surface area contributed by atoms with Crippen LogP contribution < -0.4 is 5.73 Å². The minimum atomic E-state index is 0.474. The van der Waals surface area contributed by atoms with Crippen LogP contribution in [0, 0.1) is 5.92 Å². The molecule has 1 aliphatic carbocycles. The zero-order valence-corrected chi connectivity index (χ0v) is 20.2. The lowest BCUT2D eigenvalue weighted by molar-refractivity contribution is 0.612. The number of nitrogen functional groups attached to an aromatic ring is 1. The van der Waals surface area contributed by atoms with Crippen LogP contribution in [0.15, 0.2) is 80.3 Å². The Hall–Kier alpha value is -3.86. The molecule has 0 unspecified atom stereocenters. The van der Waals surface area contributed by atoms with E-state index < -0.39 is 0 Å². The molecule has 0 spiro atoms. The van der Waals surface area contributed by atoms with Crippen molar-refractivity contribution in [2.24, 2.45) is 13.0 Å². The second-order valence-electron chi connectivity index (χ2n) is 8.92. The van der Waals surface area contributed by atoms with Crippen molar-refractivity contribution in [3.63, 3.8) is 0 Å². The highest BCUT2D eigenvalue weighted by Crippen LogP contribution is 2.36. The van der Waals surface area contributed by atoms with Crippen LogP contribution in [0.3, 0.4) is 0 Å². The Morgan fingerprint density at radius 3 is 2.59 bits per heavy atom. The maximum Gasteiger partial charge on any atom is 0.135 e. The Kier molecular flexibility index (Phi) is 6.82. The molecule has 5 rings (SSSR count). The molecule has 1 fully saturated rings. The predicted octanol–water partition coefficient (Wildman–Crippen LogP) is 6.93. The average molecular weight is 452 g/mol. The van der Waals surface area contributed by atoms with Crippen molar-refractivity contribution in [2.75, 3.05) is 5.73 Å². The molecule has 2 aliphatic rings. The van der Waals surface area contributed by atoms with Gasteiger partial charge in [0.25, 0.3) is 0 Å². The van der Waals surface area contributed by atoms with Gasteiger partial charge in [-0.1, -0.05) is 70.6 Å². The molecule has 2 aromatic heterocycles. The predicted molar refractivity (Wildman–Crippen MR) is 144 cm³/mol. The third kappa shape index (κ3) is 4.46. The van der Waals surface area contributed by atoms with Crippen LogP contribution >= 0.6 is 0 Å². The molecule has 5 nitrogen and oxygen atoms in total. The molecular weight excluding hydrogens is 418 g/mol. The molecule has 3 heterocycles. The molecule has 0 amide bonds. The number of benzene rings is 1. The summed E-state index contributed by atoms with van der Waals surface area (Å²) in [5, 5.41) is 5.55. The van der Waals surface area contributed by atoms with Crippen molar-refractivity contribution < 1.29 is 0 Å². The van der Waals surface area contributed by atoms with Gasteiger partial charge in [0.2, 0.25) is 0 Å². The van der Waals surface area contributed by atoms with E-state index in [4.69, 9.17) is 5.73 Å². The van der Waals surface area contributed by atoms with E-state index in [9.17, 15) is 0 Å². The smallest absolute Gasteiger partial charge is 0.135 e. The summed E-state index contributed by atoms with van der Waals surface area (Å²) in [6, 6.07) is 8.13. The standard InChI is InChI=1S/C23H21N5.C6H12/c1-5-7-18(6-2)28-13-11-16-8-9-17(14-19(16)15(28)3)22-21-20(27(4)26-22)10-12-25-23(21)24;1-6-4-2-3-5-6/h5-14H,1-3H2,4H3,(H2,24,25);6H,2-5H2,1H3/b18-7+;. The first-order valence-corrected chi connectivity index (χ1v) is 11.8. The summed E-state index contributed by atoms with van der Waals surface area (Å²) in [6.07, 6.45) is 17.1. The van der Waals surface area contributed by atoms with E-state index in [1.54, 1.807) is 18.3 Å². The summed E-state index contributed by atoms with van der Waals surface area (Å²) in [5.41, 5.74) is 12.8. The fourth-order valence-electron chi connectivity index (χ4n) is 4.65. The van der Waals surface area contributed by atoms with E-state index in [0.29, 0.717) is 5.82 Å². The highest BCUT2D eigenvalue weighted by molar-refractivity contribution is 6.00. The first-order valence-electron chi connectivity index (χ1n) is 11.8. The van der Waals surface area contributed by atoms with Crippen molar-refractivity contribution in [1.29, 1.82) is 0 Å². The number of fused-ring (bicyclic) bond motifs is 2. The molecule has 1 aromatic carbocycles. The SMILES string of the molecule is C=C/C=C(\C=C)N1C=Cc2ccc(-c3nn(C)c4ccnc(N)c34)cc2C1=C.CC1CCCC1. The van der Waals surface area contributed by atoms with Gasteiger partial charge in [-0.15, -0.1) is 0 Å². The Bertz CT molecular complexity index is 1300. The molecule has 0 radical (unpaired) electrons. The van der Waals surface area contributed by atoms with Crippen LogP contribution in [0.25, 0.3) is 33.9 Å². The lowest BCUT2D eigenvalue weighted by Crippen LogP contribution is -2.16. The zero-order chi connectivity index (χ0) is 24.2. The number of allylic oxidation sites excluding steroid dienone is 3. The zero-order valence-electron chi connectivity index (χ0n) is 20.2. The van der Waals surface area contributed by atoms with Gasteiger partial charge >= 0.3 is 0 Å². The van der Waals surface area contributed by atoms with E-state index in [1.807, 2.05) is 41.0 Å². The molecule has 34 heavy (non-hydrogen) atoms. The highest BCUT2D eigenvalue weighted by atomic mass is 15.3. The maximum atomic E-state index is 6.16. The minimum absolute atomic E-state index is 0.474. The van der Waals surface area contributed by atoms with Gasteiger partial charge in [0.1, 0.15) is 11.5 Å². The molecule has 1 saturated carbocycles. The van der Waals surface area contributed by atoms with Crippen LogP contribution in [0.4, 0.5) is 5.82 Å². The van der Waals surface area contributed by atoms with Gasteiger partial charge in [0, 0.05) is 42.0 Å². The number of pyridine rings is 1. The third-order valence-electron chi connectivity index (χ3n) is 6.55. The molecule has 5 heteroatoms. The van der Waals surface area contributed by atoms with Gasteiger partial charge in [-0.3, -0.25) is 4.68 Å². The normalized spacial score (nSPS) is 15.8. The molecule has 1 aliphatic heterocycles. The molecule has 3 aromatic rings. The topological polar surface area (TPSA) is 60.0 Å². The van der Waals surface area contributed by atoms with E-state index in [2.05, 4.69) is 55.0 Å². The lowest BCUT2D eigenvalue weighted by Gasteiger charge is -2.28. The van der Waals surface area contributed by atoms with Crippen LogP contribution in [0.1, 0.15) is 43.7 Å². The van der Waals surface area contributed by atoms with E-state index in [1.165, 1.54) is 25.7 Å². The average Bonchev–Trinajstić information content (AvgIpc) is 3.46. The van der Waals surface area contributed by atoms with Gasteiger partial charge in [0.15, 0.2) is 0 Å². The number of aryl methyl sites for hydroxylation is 1. The monoisotopic (exact) mass is 451 g/mol. The number of nitrogens with two attached hydrogens (primary N) is 1. The van der Waals surface area contributed by atoms with Gasteiger partial charge < -0.3 is 10.6 Å². The molecule has 2 N–H and O–H groups in total. The Morgan fingerprint density at radius 2 is 1.94 bits per heavy atom. The first-order chi connectivity index (χ1) is 16.4. The molecule has 0 bridgehead atoms.